The van der Waals surface area contributed by atoms with Gasteiger partial charge in [0, 0.05) is 24.4 Å². The first-order valence-electron chi connectivity index (χ1n) is 12.4. The Morgan fingerprint density at radius 2 is 2.03 bits per heavy atom. The SMILES string of the molecule is COc1cccc([C@H]2C(C(=O)OC(C)(C)C)=C(C)N=C3SC=C(CC(=O)NC[C@H]4CCCO4)N32)c1OC. The Labute approximate surface area is 222 Å². The van der Waals surface area contributed by atoms with Crippen molar-refractivity contribution in [1.82, 2.24) is 10.2 Å². The summed E-state index contributed by atoms with van der Waals surface area (Å²) >= 11 is 1.42. The summed E-state index contributed by atoms with van der Waals surface area (Å²) in [6.07, 6.45) is 2.14. The minimum Gasteiger partial charge on any atom is -0.493 e. The van der Waals surface area contributed by atoms with Crippen molar-refractivity contribution in [3.63, 3.8) is 0 Å². The Balaban J connectivity index is 1.71. The monoisotopic (exact) mass is 529 g/mol. The van der Waals surface area contributed by atoms with Crippen molar-refractivity contribution < 1.29 is 28.5 Å². The highest BCUT2D eigenvalue weighted by Gasteiger charge is 2.43. The predicted molar refractivity (Wildman–Crippen MR) is 142 cm³/mol. The molecule has 1 saturated heterocycles. The highest BCUT2D eigenvalue weighted by molar-refractivity contribution is 8.16. The third-order valence-electron chi connectivity index (χ3n) is 6.24. The molecule has 9 nitrogen and oxygen atoms in total. The number of amidine groups is 1. The van der Waals surface area contributed by atoms with Gasteiger partial charge in [-0.3, -0.25) is 4.79 Å². The van der Waals surface area contributed by atoms with Crippen LogP contribution in [0.5, 0.6) is 11.5 Å². The van der Waals surface area contributed by atoms with Gasteiger partial charge in [0.05, 0.1) is 44.1 Å². The standard InChI is InChI=1S/C27H35N3O6S/c1-16-22(25(32)36-27(2,3)4)23(19-10-7-11-20(33-5)24(19)34-6)30-17(15-37-26(30)29-16)13-21(31)28-14-18-9-8-12-35-18/h7,10-11,15,18,23H,8-9,12-14H2,1-6H3,(H,28,31)/t18-,23+/m1/s1. The Kier molecular flexibility index (Phi) is 8.18. The third-order valence-corrected chi connectivity index (χ3v) is 7.13. The molecule has 1 fully saturated rings. The maximum Gasteiger partial charge on any atom is 0.338 e. The van der Waals surface area contributed by atoms with E-state index in [-0.39, 0.29) is 18.4 Å². The normalized spacial score (nSPS) is 21.3. The van der Waals surface area contributed by atoms with Crippen molar-refractivity contribution in [2.24, 2.45) is 4.99 Å². The minimum absolute atomic E-state index is 0.0566. The van der Waals surface area contributed by atoms with Crippen LogP contribution < -0.4 is 14.8 Å². The van der Waals surface area contributed by atoms with E-state index in [1.54, 1.807) is 27.2 Å². The van der Waals surface area contributed by atoms with E-state index in [1.807, 2.05) is 43.2 Å². The lowest BCUT2D eigenvalue weighted by Crippen LogP contribution is -2.40. The van der Waals surface area contributed by atoms with Gasteiger partial charge in [-0.1, -0.05) is 23.9 Å². The van der Waals surface area contributed by atoms with Crippen LogP contribution in [-0.4, -0.2) is 61.0 Å². The highest BCUT2D eigenvalue weighted by atomic mass is 32.2. The number of carbonyl (C=O) groups is 2. The number of rotatable bonds is 8. The molecule has 1 aromatic carbocycles. The van der Waals surface area contributed by atoms with Crippen LogP contribution in [0.25, 0.3) is 0 Å². The van der Waals surface area contributed by atoms with E-state index in [2.05, 4.69) is 5.32 Å². The fourth-order valence-electron chi connectivity index (χ4n) is 4.65. The first kappa shape index (κ1) is 27.1. The number of aliphatic imine (C=N–C) groups is 1. The molecule has 0 aromatic heterocycles. The summed E-state index contributed by atoms with van der Waals surface area (Å²) in [6.45, 7) is 8.50. The van der Waals surface area contributed by atoms with Gasteiger partial charge in [-0.15, -0.1) is 0 Å². The van der Waals surface area contributed by atoms with Gasteiger partial charge in [0.1, 0.15) is 5.60 Å². The van der Waals surface area contributed by atoms with Gasteiger partial charge in [-0.2, -0.15) is 0 Å². The summed E-state index contributed by atoms with van der Waals surface area (Å²) in [5.74, 6) is 0.452. The molecule has 200 valence electrons. The van der Waals surface area contributed by atoms with E-state index < -0.39 is 17.6 Å². The van der Waals surface area contributed by atoms with E-state index in [0.717, 1.165) is 25.1 Å². The van der Waals surface area contributed by atoms with E-state index in [1.165, 1.54) is 11.8 Å². The molecular weight excluding hydrogens is 494 g/mol. The van der Waals surface area contributed by atoms with E-state index in [0.29, 0.717) is 40.0 Å². The number of benzene rings is 1. The van der Waals surface area contributed by atoms with Crippen LogP contribution in [0.15, 0.2) is 45.6 Å². The maximum atomic E-state index is 13.6. The number of carbonyl (C=O) groups excluding carboxylic acids is 2. The summed E-state index contributed by atoms with van der Waals surface area (Å²) in [5.41, 5.74) is 1.69. The number of allylic oxidation sites excluding steroid dienone is 1. The van der Waals surface area contributed by atoms with E-state index >= 15 is 0 Å². The minimum atomic E-state index is -0.696. The molecule has 2 atom stereocenters. The second kappa shape index (κ2) is 11.2. The number of esters is 1. The molecule has 0 saturated carbocycles. The van der Waals surface area contributed by atoms with Crippen molar-refractivity contribution in [2.75, 3.05) is 27.4 Å². The smallest absolute Gasteiger partial charge is 0.338 e. The predicted octanol–water partition coefficient (Wildman–Crippen LogP) is 4.31. The van der Waals surface area contributed by atoms with Crippen molar-refractivity contribution in [2.45, 2.75) is 64.7 Å². The molecule has 0 bridgehead atoms. The number of methoxy groups -OCH3 is 2. The zero-order valence-corrected chi connectivity index (χ0v) is 23.1. The molecule has 0 radical (unpaired) electrons. The van der Waals surface area contributed by atoms with Crippen LogP contribution in [0.2, 0.25) is 0 Å². The molecular formula is C27H35N3O6S. The third kappa shape index (κ3) is 5.96. The molecule has 1 amide bonds. The average Bonchev–Trinajstić information content (AvgIpc) is 3.50. The summed E-state index contributed by atoms with van der Waals surface area (Å²) in [6, 6.07) is 4.92. The number of nitrogens with zero attached hydrogens (tertiary/aromatic N) is 2. The van der Waals surface area contributed by atoms with Crippen LogP contribution in [-0.2, 0) is 19.1 Å². The lowest BCUT2D eigenvalue weighted by molar-refractivity contribution is -0.150. The largest absolute Gasteiger partial charge is 0.493 e. The summed E-state index contributed by atoms with van der Waals surface area (Å²) in [4.78, 5) is 33.2. The van der Waals surface area contributed by atoms with Crippen LogP contribution in [0.4, 0.5) is 0 Å². The number of thioether (sulfide) groups is 1. The maximum absolute atomic E-state index is 13.6. The fraction of sp³-hybridized carbons (Fsp3) is 0.519. The molecule has 1 N–H and O–H groups in total. The van der Waals surface area contributed by atoms with Crippen LogP contribution >= 0.6 is 11.8 Å². The van der Waals surface area contributed by atoms with Gasteiger partial charge in [0.25, 0.3) is 0 Å². The topological polar surface area (TPSA) is 98.7 Å². The average molecular weight is 530 g/mol. The lowest BCUT2D eigenvalue weighted by atomic mass is 9.92. The van der Waals surface area contributed by atoms with E-state index in [9.17, 15) is 9.59 Å². The van der Waals surface area contributed by atoms with E-state index in [4.69, 9.17) is 23.9 Å². The molecule has 37 heavy (non-hydrogen) atoms. The summed E-state index contributed by atoms with van der Waals surface area (Å²) in [7, 11) is 3.14. The zero-order valence-electron chi connectivity index (χ0n) is 22.3. The Morgan fingerprint density at radius 1 is 1.24 bits per heavy atom. The molecule has 3 aliphatic rings. The van der Waals surface area contributed by atoms with Gasteiger partial charge in [-0.25, -0.2) is 9.79 Å². The Morgan fingerprint density at radius 3 is 2.68 bits per heavy atom. The number of fused-ring (bicyclic) bond motifs is 1. The molecule has 1 aromatic rings. The summed E-state index contributed by atoms with van der Waals surface area (Å²) < 4.78 is 22.7. The van der Waals surface area contributed by atoms with Crippen LogP contribution in [0.1, 0.15) is 58.6 Å². The van der Waals surface area contributed by atoms with Gasteiger partial charge in [0.2, 0.25) is 5.91 Å². The number of hydrogen-bond acceptors (Lipinski definition) is 9. The molecule has 0 spiro atoms. The zero-order chi connectivity index (χ0) is 26.7. The number of ether oxygens (including phenoxy) is 4. The first-order chi connectivity index (χ1) is 17.6. The fourth-order valence-corrected chi connectivity index (χ4v) is 5.61. The van der Waals surface area contributed by atoms with Crippen molar-refractivity contribution in [3.05, 3.63) is 46.1 Å². The molecule has 0 aliphatic carbocycles. The number of amides is 1. The highest BCUT2D eigenvalue weighted by Crippen LogP contribution is 2.48. The van der Waals surface area contributed by atoms with Crippen molar-refractivity contribution >= 4 is 28.8 Å². The molecule has 0 unspecified atom stereocenters. The first-order valence-corrected chi connectivity index (χ1v) is 13.3. The quantitative estimate of drug-likeness (QED) is 0.498. The number of nitrogens with one attached hydrogen (secondary N) is 1. The van der Waals surface area contributed by atoms with Gasteiger partial charge < -0.3 is 29.2 Å². The summed E-state index contributed by atoms with van der Waals surface area (Å²) in [5, 5.41) is 5.58. The van der Waals surface area contributed by atoms with Gasteiger partial charge >= 0.3 is 5.97 Å². The molecule has 3 heterocycles. The van der Waals surface area contributed by atoms with Crippen LogP contribution in [0.3, 0.4) is 0 Å². The second-order valence-electron chi connectivity index (χ2n) is 10.1. The number of hydrogen-bond donors (Lipinski definition) is 1. The van der Waals surface area contributed by atoms with Gasteiger partial charge in [-0.05, 0) is 52.0 Å². The van der Waals surface area contributed by atoms with Crippen molar-refractivity contribution in [3.8, 4) is 11.5 Å². The molecule has 3 aliphatic heterocycles. The Bertz CT molecular complexity index is 1150. The number of para-hydroxylation sites is 1. The second-order valence-corrected chi connectivity index (χ2v) is 10.9. The van der Waals surface area contributed by atoms with Crippen molar-refractivity contribution in [1.29, 1.82) is 0 Å². The lowest BCUT2D eigenvalue weighted by Gasteiger charge is -2.37. The molecule has 10 heteroatoms. The Hall–Kier alpha value is -2.98. The van der Waals surface area contributed by atoms with Gasteiger partial charge in [0.15, 0.2) is 16.7 Å². The van der Waals surface area contributed by atoms with Crippen LogP contribution in [0, 0.1) is 0 Å². The molecule has 4 rings (SSSR count).